The molecule has 0 bridgehead atoms. The maximum atomic E-state index is 13.3. The summed E-state index contributed by atoms with van der Waals surface area (Å²) in [5.41, 5.74) is 2.81. The molecule has 3 aromatic carbocycles. The van der Waals surface area contributed by atoms with Crippen LogP contribution in [0.5, 0.6) is 0 Å². The molecular weight excluding hydrogens is 443 g/mol. The van der Waals surface area contributed by atoms with Crippen LogP contribution in [0.15, 0.2) is 91.1 Å². The van der Waals surface area contributed by atoms with E-state index in [1.807, 2.05) is 85.3 Å². The molecule has 0 aliphatic carbocycles. The Bertz CT molecular complexity index is 1290. The first-order chi connectivity index (χ1) is 16.9. The van der Waals surface area contributed by atoms with Crippen molar-refractivity contribution in [2.75, 3.05) is 18.4 Å². The summed E-state index contributed by atoms with van der Waals surface area (Å²) in [5.74, 6) is -0.618. The van der Waals surface area contributed by atoms with Crippen LogP contribution in [-0.2, 0) is 4.79 Å². The molecule has 0 fully saturated rings. The number of carbonyl (C=O) groups is 2. The van der Waals surface area contributed by atoms with Gasteiger partial charge in [0.25, 0.3) is 5.91 Å². The first kappa shape index (κ1) is 23.9. The van der Waals surface area contributed by atoms with Crippen LogP contribution in [0, 0.1) is 11.7 Å². The van der Waals surface area contributed by atoms with Gasteiger partial charge in [0.2, 0.25) is 11.9 Å². The highest BCUT2D eigenvalue weighted by Crippen LogP contribution is 2.24. The van der Waals surface area contributed by atoms with Crippen molar-refractivity contribution in [3.05, 3.63) is 103 Å². The number of carbonyl (C=O) groups excluding carboxylic acids is 2. The van der Waals surface area contributed by atoms with Crippen molar-refractivity contribution in [1.82, 2.24) is 14.5 Å². The number of rotatable bonds is 8. The normalized spacial score (nSPS) is 10.9. The monoisotopic (exact) mass is 470 g/mol. The number of amides is 2. The Balaban J connectivity index is 1.59. The lowest BCUT2D eigenvalue weighted by molar-refractivity contribution is -0.117. The van der Waals surface area contributed by atoms with Gasteiger partial charge in [-0.05, 0) is 42.3 Å². The first-order valence-corrected chi connectivity index (χ1v) is 11.5. The van der Waals surface area contributed by atoms with Crippen molar-refractivity contribution in [2.24, 2.45) is 5.92 Å². The maximum absolute atomic E-state index is 13.3. The summed E-state index contributed by atoms with van der Waals surface area (Å²) in [5, 5.41) is 2.88. The van der Waals surface area contributed by atoms with E-state index < -0.39 is 5.82 Å². The molecule has 1 N–H and O–H groups in total. The molecule has 0 saturated heterocycles. The predicted octanol–water partition coefficient (Wildman–Crippen LogP) is 5.42. The topological polar surface area (TPSA) is 67.2 Å². The minimum Gasteiger partial charge on any atom is -0.329 e. The zero-order chi connectivity index (χ0) is 24.8. The molecule has 1 heterocycles. The Kier molecular flexibility index (Phi) is 7.35. The zero-order valence-corrected chi connectivity index (χ0v) is 19.7. The van der Waals surface area contributed by atoms with Crippen LogP contribution in [-0.4, -0.2) is 39.4 Å². The summed E-state index contributed by atoms with van der Waals surface area (Å²) in [7, 11) is 0. The second-order valence-electron chi connectivity index (χ2n) is 8.66. The minimum absolute atomic E-state index is 0.142. The summed E-state index contributed by atoms with van der Waals surface area (Å²) in [6.45, 7) is 4.16. The van der Waals surface area contributed by atoms with E-state index in [-0.39, 0.29) is 24.3 Å². The second kappa shape index (κ2) is 10.8. The molecule has 0 unspecified atom stereocenters. The van der Waals surface area contributed by atoms with Crippen LogP contribution in [0.3, 0.4) is 0 Å². The van der Waals surface area contributed by atoms with E-state index in [0.29, 0.717) is 23.8 Å². The van der Waals surface area contributed by atoms with Gasteiger partial charge < -0.3 is 4.90 Å². The molecule has 6 nitrogen and oxygen atoms in total. The van der Waals surface area contributed by atoms with Gasteiger partial charge in [-0.15, -0.1) is 0 Å². The Morgan fingerprint density at radius 1 is 0.943 bits per heavy atom. The number of nitrogens with zero attached hydrogens (tertiary/aromatic N) is 3. The van der Waals surface area contributed by atoms with E-state index in [2.05, 4.69) is 10.3 Å². The fraction of sp³-hybridized carbons (Fsp3) is 0.179. The third-order valence-corrected chi connectivity index (χ3v) is 5.36. The molecule has 0 spiro atoms. The van der Waals surface area contributed by atoms with Crippen molar-refractivity contribution in [2.45, 2.75) is 13.8 Å². The highest BCUT2D eigenvalue weighted by atomic mass is 19.1. The summed E-state index contributed by atoms with van der Waals surface area (Å²) in [6, 6.07) is 24.6. The highest BCUT2D eigenvalue weighted by molar-refractivity contribution is 5.99. The van der Waals surface area contributed by atoms with E-state index in [9.17, 15) is 14.0 Å². The van der Waals surface area contributed by atoms with Gasteiger partial charge in [0.15, 0.2) is 0 Å². The smallest absolute Gasteiger partial charge is 0.254 e. The van der Waals surface area contributed by atoms with Gasteiger partial charge >= 0.3 is 0 Å². The number of halogens is 1. The summed E-state index contributed by atoms with van der Waals surface area (Å²) < 4.78 is 15.1. The molecule has 0 saturated carbocycles. The van der Waals surface area contributed by atoms with Crippen LogP contribution in [0.2, 0.25) is 0 Å². The largest absolute Gasteiger partial charge is 0.329 e. The van der Waals surface area contributed by atoms with E-state index in [0.717, 1.165) is 11.3 Å². The molecule has 178 valence electrons. The predicted molar refractivity (Wildman–Crippen MR) is 135 cm³/mol. The average molecular weight is 471 g/mol. The van der Waals surface area contributed by atoms with Crippen molar-refractivity contribution >= 4 is 17.8 Å². The van der Waals surface area contributed by atoms with E-state index in [1.54, 1.807) is 0 Å². The third kappa shape index (κ3) is 6.00. The van der Waals surface area contributed by atoms with Crippen molar-refractivity contribution in [3.8, 4) is 16.9 Å². The van der Waals surface area contributed by atoms with E-state index >= 15 is 0 Å². The Morgan fingerprint density at radius 2 is 1.57 bits per heavy atom. The van der Waals surface area contributed by atoms with Crippen LogP contribution >= 0.6 is 0 Å². The molecule has 4 rings (SSSR count). The number of anilines is 1. The quantitative estimate of drug-likeness (QED) is 0.374. The standard InChI is InChI=1S/C28H27FN4O2/c1-20(2)17-32(27(35)22-13-15-23(29)16-14-22)19-26(34)31-28-30-25(21-9-5-3-6-10-21)18-33(28)24-11-7-4-8-12-24/h3-16,18,20H,17,19H2,1-2H3,(H,30,31,34). The number of para-hydroxylation sites is 1. The lowest BCUT2D eigenvalue weighted by atomic mass is 10.1. The Morgan fingerprint density at radius 3 is 2.20 bits per heavy atom. The molecule has 2 amide bonds. The van der Waals surface area contributed by atoms with Crippen LogP contribution < -0.4 is 5.32 Å². The molecule has 1 aromatic heterocycles. The number of nitrogens with one attached hydrogen (secondary N) is 1. The molecule has 0 radical (unpaired) electrons. The van der Waals surface area contributed by atoms with Crippen molar-refractivity contribution < 1.29 is 14.0 Å². The van der Waals surface area contributed by atoms with Gasteiger partial charge in [0, 0.05) is 29.6 Å². The number of hydrogen-bond acceptors (Lipinski definition) is 3. The molecule has 35 heavy (non-hydrogen) atoms. The molecule has 0 aliphatic rings. The molecule has 0 atom stereocenters. The lowest BCUT2D eigenvalue weighted by Gasteiger charge is -2.24. The minimum atomic E-state index is -0.420. The molecule has 4 aromatic rings. The van der Waals surface area contributed by atoms with Crippen LogP contribution in [0.1, 0.15) is 24.2 Å². The third-order valence-electron chi connectivity index (χ3n) is 5.36. The van der Waals surface area contributed by atoms with Crippen molar-refractivity contribution in [3.63, 3.8) is 0 Å². The summed E-state index contributed by atoms with van der Waals surface area (Å²) >= 11 is 0. The number of imidazole rings is 1. The summed E-state index contributed by atoms with van der Waals surface area (Å²) in [4.78, 5) is 32.3. The first-order valence-electron chi connectivity index (χ1n) is 11.5. The molecule has 7 heteroatoms. The fourth-order valence-corrected chi connectivity index (χ4v) is 3.77. The number of benzene rings is 3. The second-order valence-corrected chi connectivity index (χ2v) is 8.66. The Labute approximate surface area is 204 Å². The number of hydrogen-bond donors (Lipinski definition) is 1. The van der Waals surface area contributed by atoms with Crippen LogP contribution in [0.25, 0.3) is 16.9 Å². The molecular formula is C28H27FN4O2. The zero-order valence-electron chi connectivity index (χ0n) is 19.7. The van der Waals surface area contributed by atoms with Crippen LogP contribution in [0.4, 0.5) is 10.3 Å². The van der Waals surface area contributed by atoms with Gasteiger partial charge in [-0.25, -0.2) is 9.37 Å². The van der Waals surface area contributed by atoms with Gasteiger partial charge in [-0.2, -0.15) is 0 Å². The van der Waals surface area contributed by atoms with E-state index in [4.69, 9.17) is 0 Å². The van der Waals surface area contributed by atoms with Gasteiger partial charge in [0.1, 0.15) is 12.4 Å². The SMILES string of the molecule is CC(C)CN(CC(=O)Nc1nc(-c2ccccc2)cn1-c1ccccc1)C(=O)c1ccc(F)cc1. The lowest BCUT2D eigenvalue weighted by Crippen LogP contribution is -2.40. The number of aromatic nitrogens is 2. The van der Waals surface area contributed by atoms with Gasteiger partial charge in [0.05, 0.1) is 5.69 Å². The molecule has 0 aliphatic heterocycles. The highest BCUT2D eigenvalue weighted by Gasteiger charge is 2.22. The van der Waals surface area contributed by atoms with Crippen molar-refractivity contribution in [1.29, 1.82) is 0 Å². The van der Waals surface area contributed by atoms with E-state index in [1.165, 1.54) is 29.2 Å². The fourth-order valence-electron chi connectivity index (χ4n) is 3.77. The van der Waals surface area contributed by atoms with Gasteiger partial charge in [-0.3, -0.25) is 19.5 Å². The maximum Gasteiger partial charge on any atom is 0.254 e. The Hall–Kier alpha value is -4.26. The summed E-state index contributed by atoms with van der Waals surface area (Å²) in [6.07, 6.45) is 1.87. The average Bonchev–Trinajstić information content (AvgIpc) is 3.28. The van der Waals surface area contributed by atoms with Gasteiger partial charge in [-0.1, -0.05) is 62.4 Å².